The molecule has 0 spiro atoms. The molecule has 0 aliphatic carbocycles. The summed E-state index contributed by atoms with van der Waals surface area (Å²) in [5.41, 5.74) is -0.505. The minimum Gasteiger partial charge on any atom is -0.530 e. The Morgan fingerprint density at radius 3 is 2.70 bits per heavy atom. The third-order valence-corrected chi connectivity index (χ3v) is 3.35. The van der Waals surface area contributed by atoms with Crippen molar-refractivity contribution in [2.75, 3.05) is 13.1 Å². The van der Waals surface area contributed by atoms with Gasteiger partial charge in [0.2, 0.25) is 0 Å². The Kier molecular flexibility index (Phi) is 4.17. The molecule has 110 valence electrons. The van der Waals surface area contributed by atoms with Crippen LogP contribution in [0.1, 0.15) is 17.5 Å². The van der Waals surface area contributed by atoms with Gasteiger partial charge in [-0.25, -0.2) is 0 Å². The van der Waals surface area contributed by atoms with Crippen molar-refractivity contribution < 1.29 is 23.1 Å². The maximum atomic E-state index is 12.8. The highest BCUT2D eigenvalue weighted by Crippen LogP contribution is 2.31. The Balaban J connectivity index is 1.97. The number of carbonyl (C=O) groups is 1. The summed E-state index contributed by atoms with van der Waals surface area (Å²) in [6.07, 6.45) is -5.06. The van der Waals surface area contributed by atoms with E-state index in [2.05, 4.69) is 5.32 Å². The number of benzene rings is 1. The minimum absolute atomic E-state index is 0.0568. The van der Waals surface area contributed by atoms with Gasteiger partial charge in [0.25, 0.3) is 0 Å². The van der Waals surface area contributed by atoms with E-state index in [1.165, 1.54) is 12.1 Å². The van der Waals surface area contributed by atoms with Gasteiger partial charge in [-0.3, -0.25) is 0 Å². The molecule has 0 aromatic heterocycles. The van der Waals surface area contributed by atoms with Crippen LogP contribution in [0.25, 0.3) is 0 Å². The maximum absolute atomic E-state index is 12.8. The zero-order valence-electron chi connectivity index (χ0n) is 10.6. The predicted molar refractivity (Wildman–Crippen MR) is 63.7 cm³/mol. The molecule has 0 unspecified atom stereocenters. The summed E-state index contributed by atoms with van der Waals surface area (Å²) in [5.74, 6) is 0. The van der Waals surface area contributed by atoms with Gasteiger partial charge in [0.1, 0.15) is 6.09 Å². The standard InChI is InChI=1S/C13H15F3N2O2/c14-13(15,16)11-4-2-1-3-9(11)7-17-10-5-6-18(8-10)12(19)20/h1-4,10,17H,5-8H2,(H,19,20)/p-1/t10-/m0/s1. The van der Waals surface area contributed by atoms with Gasteiger partial charge in [0.05, 0.1) is 5.56 Å². The quantitative estimate of drug-likeness (QED) is 0.909. The van der Waals surface area contributed by atoms with E-state index < -0.39 is 17.8 Å². The van der Waals surface area contributed by atoms with E-state index in [1.54, 1.807) is 6.07 Å². The van der Waals surface area contributed by atoms with Gasteiger partial charge in [-0.05, 0) is 18.1 Å². The van der Waals surface area contributed by atoms with Crippen molar-refractivity contribution in [1.82, 2.24) is 10.2 Å². The molecule has 2 rings (SSSR count). The normalized spacial score (nSPS) is 19.4. The Bertz CT molecular complexity index is 491. The summed E-state index contributed by atoms with van der Waals surface area (Å²) in [4.78, 5) is 11.8. The molecule has 1 aliphatic heterocycles. The lowest BCUT2D eigenvalue weighted by atomic mass is 10.1. The van der Waals surface area contributed by atoms with E-state index in [0.29, 0.717) is 13.0 Å². The van der Waals surface area contributed by atoms with Crippen LogP contribution < -0.4 is 10.4 Å². The number of rotatable bonds is 3. The SMILES string of the molecule is O=C([O-])N1CC[C@H](NCc2ccccc2C(F)(F)F)C1. The van der Waals surface area contributed by atoms with E-state index in [0.717, 1.165) is 11.0 Å². The lowest BCUT2D eigenvalue weighted by Gasteiger charge is -2.19. The molecular formula is C13H14F3N2O2-. The first-order chi connectivity index (χ1) is 9.38. The second-order valence-electron chi connectivity index (χ2n) is 4.73. The monoisotopic (exact) mass is 287 g/mol. The van der Waals surface area contributed by atoms with Crippen LogP contribution in [0.15, 0.2) is 24.3 Å². The molecule has 1 aliphatic rings. The average Bonchev–Trinajstić information content (AvgIpc) is 2.84. The van der Waals surface area contributed by atoms with E-state index in [9.17, 15) is 23.1 Å². The molecule has 1 saturated heterocycles. The third-order valence-electron chi connectivity index (χ3n) is 3.35. The Hall–Kier alpha value is -1.76. The number of carboxylic acid groups (broad SMARTS) is 1. The summed E-state index contributed by atoms with van der Waals surface area (Å²) in [6.45, 7) is 0.651. The molecule has 7 heteroatoms. The summed E-state index contributed by atoms with van der Waals surface area (Å²) in [5, 5.41) is 13.6. The van der Waals surface area contributed by atoms with Gasteiger partial charge in [-0.2, -0.15) is 13.2 Å². The third kappa shape index (κ3) is 3.41. The van der Waals surface area contributed by atoms with Gasteiger partial charge < -0.3 is 20.1 Å². The average molecular weight is 287 g/mol. The number of likely N-dealkylation sites (tertiary alicyclic amines) is 1. The molecule has 1 atom stereocenters. The van der Waals surface area contributed by atoms with Crippen molar-refractivity contribution in [1.29, 1.82) is 0 Å². The van der Waals surface area contributed by atoms with Gasteiger partial charge in [-0.15, -0.1) is 0 Å². The predicted octanol–water partition coefficient (Wildman–Crippen LogP) is 1.21. The summed E-state index contributed by atoms with van der Waals surface area (Å²) >= 11 is 0. The zero-order valence-corrected chi connectivity index (χ0v) is 10.6. The van der Waals surface area contributed by atoms with Crippen molar-refractivity contribution >= 4 is 6.09 Å². The molecule has 0 bridgehead atoms. The zero-order chi connectivity index (χ0) is 14.8. The van der Waals surface area contributed by atoms with Crippen molar-refractivity contribution in [3.8, 4) is 0 Å². The highest BCUT2D eigenvalue weighted by molar-refractivity contribution is 5.62. The molecule has 0 radical (unpaired) electrons. The van der Waals surface area contributed by atoms with Crippen LogP contribution >= 0.6 is 0 Å². The maximum Gasteiger partial charge on any atom is 0.416 e. The van der Waals surface area contributed by atoms with Crippen LogP contribution in [0.2, 0.25) is 0 Å². The Morgan fingerprint density at radius 2 is 2.10 bits per heavy atom. The smallest absolute Gasteiger partial charge is 0.416 e. The molecular weight excluding hydrogens is 273 g/mol. The molecule has 0 saturated carbocycles. The largest absolute Gasteiger partial charge is 0.530 e. The van der Waals surface area contributed by atoms with Gasteiger partial charge >= 0.3 is 6.18 Å². The molecule has 1 heterocycles. The van der Waals surface area contributed by atoms with E-state index in [1.807, 2.05) is 0 Å². The number of carbonyl (C=O) groups excluding carboxylic acids is 1. The summed E-state index contributed by atoms with van der Waals surface area (Å²) in [7, 11) is 0. The first kappa shape index (κ1) is 14.6. The topological polar surface area (TPSA) is 55.4 Å². The van der Waals surface area contributed by atoms with Crippen molar-refractivity contribution in [2.24, 2.45) is 0 Å². The van der Waals surface area contributed by atoms with Crippen LogP contribution in [-0.2, 0) is 12.7 Å². The first-order valence-electron chi connectivity index (χ1n) is 6.22. The molecule has 1 amide bonds. The second kappa shape index (κ2) is 5.70. The van der Waals surface area contributed by atoms with Crippen LogP contribution in [-0.4, -0.2) is 30.1 Å². The highest BCUT2D eigenvalue weighted by Gasteiger charge is 2.33. The lowest BCUT2D eigenvalue weighted by molar-refractivity contribution is -0.264. The van der Waals surface area contributed by atoms with Crippen LogP contribution in [0.3, 0.4) is 0 Å². The van der Waals surface area contributed by atoms with Gasteiger partial charge in [0.15, 0.2) is 0 Å². The first-order valence-corrected chi connectivity index (χ1v) is 6.22. The summed E-state index contributed by atoms with van der Waals surface area (Å²) < 4.78 is 38.4. The number of alkyl halides is 3. The van der Waals surface area contributed by atoms with Gasteiger partial charge in [-0.1, -0.05) is 18.2 Å². The van der Waals surface area contributed by atoms with Crippen LogP contribution in [0.5, 0.6) is 0 Å². The Morgan fingerprint density at radius 1 is 1.40 bits per heavy atom. The molecule has 4 nitrogen and oxygen atoms in total. The number of hydrogen-bond acceptors (Lipinski definition) is 3. The van der Waals surface area contributed by atoms with Crippen molar-refractivity contribution in [3.63, 3.8) is 0 Å². The molecule has 20 heavy (non-hydrogen) atoms. The molecule has 1 fully saturated rings. The fourth-order valence-corrected chi connectivity index (χ4v) is 2.30. The molecule has 1 aromatic carbocycles. The molecule has 1 aromatic rings. The number of hydrogen-bond donors (Lipinski definition) is 1. The van der Waals surface area contributed by atoms with Crippen LogP contribution in [0, 0.1) is 0 Å². The number of nitrogens with one attached hydrogen (secondary N) is 1. The van der Waals surface area contributed by atoms with Crippen molar-refractivity contribution in [2.45, 2.75) is 25.2 Å². The van der Waals surface area contributed by atoms with Crippen LogP contribution in [0.4, 0.5) is 18.0 Å². The van der Waals surface area contributed by atoms with E-state index in [4.69, 9.17) is 0 Å². The second-order valence-corrected chi connectivity index (χ2v) is 4.73. The fourth-order valence-electron chi connectivity index (χ4n) is 2.30. The van der Waals surface area contributed by atoms with Crippen molar-refractivity contribution in [3.05, 3.63) is 35.4 Å². The Labute approximate surface area is 114 Å². The van der Waals surface area contributed by atoms with Gasteiger partial charge in [0, 0.05) is 25.7 Å². The number of nitrogens with zero attached hydrogens (tertiary/aromatic N) is 1. The van der Waals surface area contributed by atoms with E-state index in [-0.39, 0.29) is 24.7 Å². The molecule has 1 N–H and O–H groups in total. The fraction of sp³-hybridized carbons (Fsp3) is 0.462. The number of halogens is 3. The highest BCUT2D eigenvalue weighted by atomic mass is 19.4. The lowest BCUT2D eigenvalue weighted by Crippen LogP contribution is -2.41. The number of amides is 1. The summed E-state index contributed by atoms with van der Waals surface area (Å²) in [6, 6.07) is 5.21. The van der Waals surface area contributed by atoms with E-state index >= 15 is 0 Å². The minimum atomic E-state index is -4.38.